The predicted octanol–water partition coefficient (Wildman–Crippen LogP) is 0.778. The number of nitrogens with two attached hydrogens (primary N) is 2. The van der Waals surface area contributed by atoms with Gasteiger partial charge in [0.05, 0.1) is 11.0 Å². The Hall–Kier alpha value is -0.760. The quantitative estimate of drug-likeness (QED) is 0.556. The first-order chi connectivity index (χ1) is 7.71. The molecule has 0 aromatic heterocycles. The zero-order valence-corrected chi connectivity index (χ0v) is 11.3. The van der Waals surface area contributed by atoms with E-state index in [9.17, 15) is 13.5 Å². The van der Waals surface area contributed by atoms with E-state index in [1.54, 1.807) is 6.92 Å². The lowest BCUT2D eigenvalue weighted by Gasteiger charge is -2.15. The number of primary sulfonamides is 1. The van der Waals surface area contributed by atoms with Gasteiger partial charge in [0.1, 0.15) is 0 Å². The van der Waals surface area contributed by atoms with Gasteiger partial charge in [-0.25, -0.2) is 13.6 Å². The monoisotopic (exact) mass is 276 g/mol. The highest BCUT2D eigenvalue weighted by Gasteiger charge is 2.15. The van der Waals surface area contributed by atoms with Gasteiger partial charge >= 0.3 is 0 Å². The van der Waals surface area contributed by atoms with Crippen molar-refractivity contribution in [2.24, 2.45) is 5.14 Å². The van der Waals surface area contributed by atoms with E-state index in [1.807, 2.05) is 6.92 Å². The summed E-state index contributed by atoms with van der Waals surface area (Å²) in [4.78, 5) is 0.622. The van der Waals surface area contributed by atoms with E-state index in [-0.39, 0.29) is 10.1 Å². The summed E-state index contributed by atoms with van der Waals surface area (Å²) in [5, 5.41) is 14.3. The Morgan fingerprint density at radius 3 is 2.41 bits per heavy atom. The second-order valence-electron chi connectivity index (χ2n) is 3.81. The molecule has 0 aliphatic heterocycles. The largest absolute Gasteiger partial charge is 0.398 e. The normalized spacial score (nSPS) is 15.5. The van der Waals surface area contributed by atoms with E-state index >= 15 is 0 Å². The van der Waals surface area contributed by atoms with Crippen molar-refractivity contribution in [1.29, 1.82) is 0 Å². The molecule has 0 fully saturated rings. The molecule has 0 saturated carbocycles. The van der Waals surface area contributed by atoms with Crippen molar-refractivity contribution >= 4 is 27.5 Å². The molecule has 0 spiro atoms. The van der Waals surface area contributed by atoms with Crippen molar-refractivity contribution in [2.45, 2.75) is 35.0 Å². The van der Waals surface area contributed by atoms with Crippen molar-refractivity contribution in [3.63, 3.8) is 0 Å². The molecule has 1 aromatic carbocycles. The number of benzene rings is 1. The van der Waals surface area contributed by atoms with Gasteiger partial charge in [-0.3, -0.25) is 0 Å². The first kappa shape index (κ1) is 14.3. The van der Waals surface area contributed by atoms with Crippen molar-refractivity contribution in [1.82, 2.24) is 0 Å². The average Bonchev–Trinajstić information content (AvgIpc) is 2.19. The van der Waals surface area contributed by atoms with Crippen molar-refractivity contribution in [3.05, 3.63) is 18.2 Å². The summed E-state index contributed by atoms with van der Waals surface area (Å²) in [5.41, 5.74) is 6.21. The molecule has 0 saturated heterocycles. The van der Waals surface area contributed by atoms with Gasteiger partial charge in [0.25, 0.3) is 0 Å². The highest BCUT2D eigenvalue weighted by Crippen LogP contribution is 2.31. The maximum Gasteiger partial charge on any atom is 0.238 e. The van der Waals surface area contributed by atoms with Gasteiger partial charge < -0.3 is 10.8 Å². The Bertz CT molecular complexity index is 500. The standard InChI is InChI=1S/C10H16N2O3S2/c1-6(13)7(2)16-10-5-8(17(12,14)15)3-4-9(10)11/h3-7,13H,11H2,1-2H3,(H2,12,14,15). The fourth-order valence-electron chi connectivity index (χ4n) is 1.09. The molecule has 0 heterocycles. The number of aliphatic hydroxyl groups excluding tert-OH is 1. The maximum absolute atomic E-state index is 11.2. The van der Waals surface area contributed by atoms with Crippen LogP contribution in [0.1, 0.15) is 13.8 Å². The first-order valence-electron chi connectivity index (χ1n) is 4.99. The molecule has 2 atom stereocenters. The molecule has 0 radical (unpaired) electrons. The average molecular weight is 276 g/mol. The van der Waals surface area contributed by atoms with E-state index in [2.05, 4.69) is 0 Å². The first-order valence-corrected chi connectivity index (χ1v) is 7.41. The molecule has 5 N–H and O–H groups in total. The Kier molecular flexibility index (Phi) is 4.42. The minimum Gasteiger partial charge on any atom is -0.398 e. The van der Waals surface area contributed by atoms with Crippen molar-refractivity contribution in [2.75, 3.05) is 5.73 Å². The van der Waals surface area contributed by atoms with E-state index in [4.69, 9.17) is 10.9 Å². The van der Waals surface area contributed by atoms with Crippen LogP contribution in [0.5, 0.6) is 0 Å². The number of anilines is 1. The van der Waals surface area contributed by atoms with Crippen LogP contribution in [-0.4, -0.2) is 24.9 Å². The molecule has 0 aliphatic carbocycles. The number of hydrogen-bond donors (Lipinski definition) is 3. The summed E-state index contributed by atoms with van der Waals surface area (Å²) < 4.78 is 22.4. The summed E-state index contributed by atoms with van der Waals surface area (Å²) >= 11 is 1.31. The van der Waals surface area contributed by atoms with Gasteiger partial charge in [0.15, 0.2) is 0 Å². The molecule has 0 aliphatic rings. The van der Waals surface area contributed by atoms with Gasteiger partial charge in [0.2, 0.25) is 10.0 Å². The summed E-state index contributed by atoms with van der Waals surface area (Å²) in [6.07, 6.45) is -0.516. The van der Waals surface area contributed by atoms with Gasteiger partial charge in [-0.05, 0) is 25.1 Å². The van der Waals surface area contributed by atoms with Gasteiger partial charge in [0, 0.05) is 15.8 Å². The molecule has 17 heavy (non-hydrogen) atoms. The molecule has 96 valence electrons. The van der Waals surface area contributed by atoms with Crippen LogP contribution in [0.25, 0.3) is 0 Å². The highest BCUT2D eigenvalue weighted by molar-refractivity contribution is 8.00. The van der Waals surface area contributed by atoms with Crippen LogP contribution in [0.15, 0.2) is 28.0 Å². The minimum atomic E-state index is -3.73. The Labute approximate surface area is 105 Å². The number of sulfonamides is 1. The maximum atomic E-state index is 11.2. The lowest BCUT2D eigenvalue weighted by atomic mass is 10.3. The number of rotatable bonds is 4. The number of hydrogen-bond acceptors (Lipinski definition) is 5. The Morgan fingerprint density at radius 2 is 1.94 bits per heavy atom. The molecular formula is C10H16N2O3S2. The Balaban J connectivity index is 3.08. The number of thioether (sulfide) groups is 1. The number of nitrogen functional groups attached to an aromatic ring is 1. The molecule has 1 rings (SSSR count). The van der Waals surface area contributed by atoms with Crippen LogP contribution >= 0.6 is 11.8 Å². The van der Waals surface area contributed by atoms with E-state index < -0.39 is 16.1 Å². The topological polar surface area (TPSA) is 106 Å². The summed E-state index contributed by atoms with van der Waals surface area (Å²) in [7, 11) is -3.73. The molecular weight excluding hydrogens is 260 g/mol. The lowest BCUT2D eigenvalue weighted by molar-refractivity contribution is 0.196. The van der Waals surface area contributed by atoms with Crippen LogP contribution in [0.4, 0.5) is 5.69 Å². The van der Waals surface area contributed by atoms with Crippen molar-refractivity contribution in [3.8, 4) is 0 Å². The zero-order chi connectivity index (χ0) is 13.2. The van der Waals surface area contributed by atoms with E-state index in [1.165, 1.54) is 30.0 Å². The minimum absolute atomic E-state index is 0.0204. The van der Waals surface area contributed by atoms with Gasteiger partial charge in [-0.2, -0.15) is 0 Å². The summed E-state index contributed by atoms with van der Waals surface area (Å²) in [5.74, 6) is 0. The smallest absolute Gasteiger partial charge is 0.238 e. The lowest BCUT2D eigenvalue weighted by Crippen LogP contribution is -2.16. The molecule has 7 heteroatoms. The summed E-state index contributed by atoms with van der Waals surface area (Å²) in [6, 6.07) is 4.28. The molecule has 2 unspecified atom stereocenters. The zero-order valence-electron chi connectivity index (χ0n) is 9.62. The SMILES string of the molecule is CC(O)C(C)Sc1cc(S(N)(=O)=O)ccc1N. The van der Waals surface area contributed by atoms with Crippen LogP contribution in [0, 0.1) is 0 Å². The fourth-order valence-corrected chi connectivity index (χ4v) is 2.70. The third kappa shape index (κ3) is 3.88. The highest BCUT2D eigenvalue weighted by atomic mass is 32.2. The van der Waals surface area contributed by atoms with Crippen LogP contribution < -0.4 is 10.9 Å². The fraction of sp³-hybridized carbons (Fsp3) is 0.400. The second kappa shape index (κ2) is 5.26. The molecule has 5 nitrogen and oxygen atoms in total. The van der Waals surface area contributed by atoms with E-state index in [0.29, 0.717) is 10.6 Å². The number of aliphatic hydroxyl groups is 1. The molecule has 1 aromatic rings. The third-order valence-electron chi connectivity index (χ3n) is 2.31. The van der Waals surface area contributed by atoms with Gasteiger partial charge in [-0.1, -0.05) is 6.92 Å². The predicted molar refractivity (Wildman–Crippen MR) is 69.2 cm³/mol. The Morgan fingerprint density at radius 1 is 1.35 bits per heavy atom. The molecule has 0 bridgehead atoms. The molecule has 0 amide bonds. The van der Waals surface area contributed by atoms with Crippen molar-refractivity contribution < 1.29 is 13.5 Å². The van der Waals surface area contributed by atoms with Crippen LogP contribution in [-0.2, 0) is 10.0 Å². The van der Waals surface area contributed by atoms with Crippen LogP contribution in [0.3, 0.4) is 0 Å². The van der Waals surface area contributed by atoms with Gasteiger partial charge in [-0.15, -0.1) is 11.8 Å². The van der Waals surface area contributed by atoms with Crippen LogP contribution in [0.2, 0.25) is 0 Å². The summed E-state index contributed by atoms with van der Waals surface area (Å²) in [6.45, 7) is 3.50. The third-order valence-corrected chi connectivity index (χ3v) is 4.59. The second-order valence-corrected chi connectivity index (χ2v) is 6.79. The van der Waals surface area contributed by atoms with E-state index in [0.717, 1.165) is 0 Å².